The molecule has 6 atom stereocenters. The van der Waals surface area contributed by atoms with Crippen molar-refractivity contribution in [2.75, 3.05) is 13.2 Å². The molecule has 2 rings (SSSR count). The summed E-state index contributed by atoms with van der Waals surface area (Å²) in [5.74, 6) is -3.22. The molecule has 10 nitrogen and oxygen atoms in total. The van der Waals surface area contributed by atoms with E-state index in [2.05, 4.69) is 6.58 Å². The molecule has 29 heavy (non-hydrogen) atoms. The molecule has 0 unspecified atom stereocenters. The van der Waals surface area contributed by atoms with E-state index >= 15 is 0 Å². The third kappa shape index (κ3) is 6.49. The Labute approximate surface area is 169 Å². The molecule has 2 fully saturated rings. The Hall–Kier alpha value is -2.01. The van der Waals surface area contributed by atoms with Gasteiger partial charge in [-0.25, -0.2) is 0 Å². The van der Waals surface area contributed by atoms with E-state index in [1.807, 2.05) is 0 Å². The van der Waals surface area contributed by atoms with Gasteiger partial charge in [0, 0.05) is 27.7 Å². The van der Waals surface area contributed by atoms with Crippen LogP contribution in [-0.4, -0.2) is 67.8 Å². The first-order chi connectivity index (χ1) is 13.6. The highest BCUT2D eigenvalue weighted by Gasteiger charge is 2.59. The van der Waals surface area contributed by atoms with Crippen LogP contribution in [0.2, 0.25) is 0 Å². The van der Waals surface area contributed by atoms with Crippen molar-refractivity contribution in [1.29, 1.82) is 0 Å². The summed E-state index contributed by atoms with van der Waals surface area (Å²) in [6.07, 6.45) is -1.71. The number of hydrogen-bond donors (Lipinski definition) is 0. The van der Waals surface area contributed by atoms with E-state index in [9.17, 15) is 14.4 Å². The van der Waals surface area contributed by atoms with Crippen molar-refractivity contribution >= 4 is 17.9 Å². The number of fused-ring (bicyclic) bond motifs is 1. The normalized spacial score (nSPS) is 33.4. The molecule has 0 bridgehead atoms. The lowest BCUT2D eigenvalue weighted by Gasteiger charge is -2.40. The van der Waals surface area contributed by atoms with Gasteiger partial charge in [0.25, 0.3) is 5.97 Å². The predicted molar refractivity (Wildman–Crippen MR) is 96.1 cm³/mol. The summed E-state index contributed by atoms with van der Waals surface area (Å²) in [4.78, 5) is 34.5. The minimum atomic E-state index is -1.45. The fourth-order valence-corrected chi connectivity index (χ4v) is 3.13. The van der Waals surface area contributed by atoms with E-state index in [4.69, 9.17) is 33.2 Å². The van der Waals surface area contributed by atoms with Crippen molar-refractivity contribution in [3.63, 3.8) is 0 Å². The molecule has 0 spiro atoms. The Morgan fingerprint density at radius 3 is 2.28 bits per heavy atom. The van der Waals surface area contributed by atoms with Crippen molar-refractivity contribution in [2.45, 2.75) is 77.2 Å². The van der Waals surface area contributed by atoms with Gasteiger partial charge in [0.1, 0.15) is 12.7 Å². The average Bonchev–Trinajstić information content (AvgIpc) is 2.95. The number of carbonyl (C=O) groups is 3. The minimum absolute atomic E-state index is 0.228. The number of allylic oxidation sites excluding steroid dienone is 1. The Morgan fingerprint density at radius 2 is 1.69 bits per heavy atom. The van der Waals surface area contributed by atoms with E-state index in [0.717, 1.165) is 6.42 Å². The zero-order valence-corrected chi connectivity index (χ0v) is 17.1. The molecule has 0 aromatic rings. The molecule has 0 aliphatic carbocycles. The highest BCUT2D eigenvalue weighted by molar-refractivity contribution is 5.67. The maximum Gasteiger partial charge on any atom is 0.303 e. The van der Waals surface area contributed by atoms with E-state index in [-0.39, 0.29) is 6.61 Å². The van der Waals surface area contributed by atoms with Crippen LogP contribution in [0.25, 0.3) is 0 Å². The first-order valence-electron chi connectivity index (χ1n) is 9.39. The monoisotopic (exact) mass is 416 g/mol. The third-order valence-corrected chi connectivity index (χ3v) is 4.24. The molecule has 2 saturated heterocycles. The molecule has 2 heterocycles. The Kier molecular flexibility index (Phi) is 8.14. The predicted octanol–water partition coefficient (Wildman–Crippen LogP) is 1.21. The molecule has 0 aromatic carbocycles. The maximum atomic E-state index is 11.7. The number of esters is 3. The van der Waals surface area contributed by atoms with Gasteiger partial charge in [-0.05, 0) is 12.8 Å². The van der Waals surface area contributed by atoms with Gasteiger partial charge in [-0.15, -0.1) is 6.58 Å². The van der Waals surface area contributed by atoms with Crippen molar-refractivity contribution < 1.29 is 47.5 Å². The summed E-state index contributed by atoms with van der Waals surface area (Å²) in [5, 5.41) is 0. The van der Waals surface area contributed by atoms with Crippen molar-refractivity contribution in [1.82, 2.24) is 0 Å². The zero-order chi connectivity index (χ0) is 21.6. The van der Waals surface area contributed by atoms with Crippen LogP contribution in [0.15, 0.2) is 12.7 Å². The first kappa shape index (κ1) is 23.3. The topological polar surface area (TPSA) is 116 Å². The number of unbranched alkanes of at least 4 members (excludes halogenated alkanes) is 1. The largest absolute Gasteiger partial charge is 0.463 e. The fourth-order valence-electron chi connectivity index (χ4n) is 3.13. The Bertz CT molecular complexity index is 620. The van der Waals surface area contributed by atoms with Gasteiger partial charge in [0.15, 0.2) is 24.6 Å². The number of rotatable bonds is 9. The van der Waals surface area contributed by atoms with Crippen molar-refractivity contribution in [3.8, 4) is 0 Å². The molecular formula is C19H28O10. The molecule has 0 N–H and O–H groups in total. The molecule has 0 amide bonds. The van der Waals surface area contributed by atoms with Gasteiger partial charge in [-0.1, -0.05) is 6.08 Å². The van der Waals surface area contributed by atoms with Crippen molar-refractivity contribution in [2.24, 2.45) is 0 Å². The lowest BCUT2D eigenvalue weighted by atomic mass is 9.98. The van der Waals surface area contributed by atoms with Gasteiger partial charge in [-0.3, -0.25) is 19.1 Å². The first-order valence-corrected chi connectivity index (χ1v) is 9.39. The number of hydrogen-bond acceptors (Lipinski definition) is 10. The second-order valence-corrected chi connectivity index (χ2v) is 6.84. The van der Waals surface area contributed by atoms with E-state index in [1.165, 1.54) is 20.8 Å². The minimum Gasteiger partial charge on any atom is -0.463 e. The summed E-state index contributed by atoms with van der Waals surface area (Å²) >= 11 is 0. The van der Waals surface area contributed by atoms with E-state index in [1.54, 1.807) is 13.0 Å². The van der Waals surface area contributed by atoms with Gasteiger partial charge < -0.3 is 28.4 Å². The standard InChI is InChI=1S/C19H28O10/c1-6-7-8-9-24-19(5)28-17-16(26-13(4)22)15(25-12(3)21)14(10-23-11(2)20)27-18(17)29-19/h6,14-18H,1,7-10H2,2-5H3/t14-,15-,16+,17-,18-,19+/m1/s1. The van der Waals surface area contributed by atoms with Crippen LogP contribution >= 0.6 is 0 Å². The smallest absolute Gasteiger partial charge is 0.303 e. The molecule has 10 heteroatoms. The third-order valence-electron chi connectivity index (χ3n) is 4.24. The van der Waals surface area contributed by atoms with Crippen molar-refractivity contribution in [3.05, 3.63) is 12.7 Å². The van der Waals surface area contributed by atoms with Crippen LogP contribution in [-0.2, 0) is 47.5 Å². The SMILES string of the molecule is C=CCCCO[C@]1(C)O[C@H]2O[C@H](COC(C)=O)[C@@H](OC(C)=O)[C@H](OC(C)=O)[C@H]2O1. The van der Waals surface area contributed by atoms with E-state index < -0.39 is 54.6 Å². The highest BCUT2D eigenvalue weighted by Crippen LogP contribution is 2.39. The van der Waals surface area contributed by atoms with Crippen LogP contribution in [0, 0.1) is 0 Å². The summed E-state index contributed by atoms with van der Waals surface area (Å²) in [7, 11) is 0. The van der Waals surface area contributed by atoms with Crippen LogP contribution < -0.4 is 0 Å². The number of carbonyl (C=O) groups excluding carboxylic acids is 3. The molecule has 2 aliphatic rings. The maximum absolute atomic E-state index is 11.7. The van der Waals surface area contributed by atoms with Crippen LogP contribution in [0.1, 0.15) is 40.5 Å². The quantitative estimate of drug-likeness (QED) is 0.235. The molecule has 164 valence electrons. The Morgan fingerprint density at radius 1 is 1.03 bits per heavy atom. The summed E-state index contributed by atoms with van der Waals surface area (Å²) in [5.41, 5.74) is 0. The van der Waals surface area contributed by atoms with Crippen LogP contribution in [0.3, 0.4) is 0 Å². The zero-order valence-electron chi connectivity index (χ0n) is 17.1. The van der Waals surface area contributed by atoms with Crippen LogP contribution in [0.5, 0.6) is 0 Å². The second-order valence-electron chi connectivity index (χ2n) is 6.84. The lowest BCUT2D eigenvalue weighted by Crippen LogP contribution is -2.60. The van der Waals surface area contributed by atoms with Gasteiger partial charge >= 0.3 is 17.9 Å². The van der Waals surface area contributed by atoms with Gasteiger partial charge in [-0.2, -0.15) is 0 Å². The number of ether oxygens (including phenoxy) is 7. The summed E-state index contributed by atoms with van der Waals surface area (Å²) in [6.45, 7) is 8.99. The molecule has 0 aromatic heterocycles. The van der Waals surface area contributed by atoms with Gasteiger partial charge in [0.05, 0.1) is 6.61 Å². The molecule has 2 aliphatic heterocycles. The van der Waals surface area contributed by atoms with Crippen LogP contribution in [0.4, 0.5) is 0 Å². The molecule has 0 radical (unpaired) electrons. The molecular weight excluding hydrogens is 388 g/mol. The highest BCUT2D eigenvalue weighted by atomic mass is 16.9. The Balaban J connectivity index is 2.21. The fraction of sp³-hybridized carbons (Fsp3) is 0.737. The average molecular weight is 416 g/mol. The van der Waals surface area contributed by atoms with E-state index in [0.29, 0.717) is 13.0 Å². The lowest BCUT2D eigenvalue weighted by molar-refractivity contribution is -0.344. The second kappa shape index (κ2) is 10.1. The summed E-state index contributed by atoms with van der Waals surface area (Å²) in [6, 6.07) is 0. The van der Waals surface area contributed by atoms with Gasteiger partial charge in [0.2, 0.25) is 0 Å². The summed E-state index contributed by atoms with van der Waals surface area (Å²) < 4.78 is 38.8. The molecule has 0 saturated carbocycles.